The fourth-order valence-electron chi connectivity index (χ4n) is 3.37. The molecule has 0 aromatic heterocycles. The molecule has 27 heavy (non-hydrogen) atoms. The number of halogens is 1. The molecule has 0 aliphatic heterocycles. The number of aliphatic hydroxyl groups excluding tert-OH is 6. The van der Waals surface area contributed by atoms with Crippen LogP contribution in [0.4, 0.5) is 0 Å². The molecule has 1 aliphatic rings. The topological polar surface area (TPSA) is 121 Å². The maximum atomic E-state index is 10.6. The first-order chi connectivity index (χ1) is 12.9. The van der Waals surface area contributed by atoms with Crippen molar-refractivity contribution in [1.29, 1.82) is 0 Å². The van der Waals surface area contributed by atoms with E-state index in [4.69, 9.17) is 16.7 Å². The van der Waals surface area contributed by atoms with Crippen LogP contribution < -0.4 is 0 Å². The maximum Gasteiger partial charge on any atom is 0.139 e. The smallest absolute Gasteiger partial charge is 0.139 e. The second kappa shape index (κ2) is 7.98. The zero-order valence-electron chi connectivity index (χ0n) is 14.3. The second-order valence-corrected chi connectivity index (χ2v) is 6.99. The number of aliphatic hydroxyl groups is 6. The molecule has 2 aromatic rings. The quantitative estimate of drug-likeness (QED) is 0.411. The Bertz CT molecular complexity index is 838. The lowest BCUT2D eigenvalue weighted by Gasteiger charge is -2.37. The van der Waals surface area contributed by atoms with Gasteiger partial charge in [-0.1, -0.05) is 48.0 Å². The minimum atomic E-state index is -1.88. The van der Waals surface area contributed by atoms with Crippen molar-refractivity contribution in [2.75, 3.05) is 6.61 Å². The number of benzene rings is 2. The fraction of sp³-hybridized carbons (Fsp3) is 0.300. The van der Waals surface area contributed by atoms with Gasteiger partial charge in [-0.2, -0.15) is 0 Å². The van der Waals surface area contributed by atoms with Gasteiger partial charge < -0.3 is 30.6 Å². The molecule has 144 valence electrons. The van der Waals surface area contributed by atoms with Gasteiger partial charge in [0, 0.05) is 16.5 Å². The highest BCUT2D eigenvalue weighted by Gasteiger charge is 2.40. The zero-order chi connectivity index (χ0) is 19.7. The average Bonchev–Trinajstić information content (AvgIpc) is 2.68. The molecule has 0 saturated carbocycles. The number of fused-ring (bicyclic) bond motifs is 1. The molecule has 6 N–H and O–H groups in total. The van der Waals surface area contributed by atoms with E-state index in [1.54, 1.807) is 18.2 Å². The zero-order valence-corrected chi connectivity index (χ0v) is 15.0. The van der Waals surface area contributed by atoms with Gasteiger partial charge in [0.25, 0.3) is 0 Å². The van der Waals surface area contributed by atoms with Gasteiger partial charge in [-0.3, -0.25) is 0 Å². The highest BCUT2D eigenvalue weighted by molar-refractivity contribution is 6.30. The molecule has 0 heterocycles. The molecular weight excluding hydrogens is 372 g/mol. The molecule has 5 atom stereocenters. The van der Waals surface area contributed by atoms with Crippen LogP contribution in [-0.2, 0) is 0 Å². The summed E-state index contributed by atoms with van der Waals surface area (Å²) in [6.45, 7) is -0.795. The van der Waals surface area contributed by atoms with E-state index in [1.807, 2.05) is 30.3 Å². The van der Waals surface area contributed by atoms with Gasteiger partial charge in [-0.25, -0.2) is 0 Å². The van der Waals surface area contributed by atoms with Gasteiger partial charge in [0.1, 0.15) is 30.2 Å². The highest BCUT2D eigenvalue weighted by atomic mass is 35.5. The molecule has 0 fully saturated rings. The average molecular weight is 393 g/mol. The predicted octanol–water partition coefficient (Wildman–Crippen LogP) is 1.19. The van der Waals surface area contributed by atoms with Crippen LogP contribution in [0.2, 0.25) is 5.02 Å². The Morgan fingerprint density at radius 3 is 2.26 bits per heavy atom. The molecule has 1 aliphatic carbocycles. The first-order valence-electron chi connectivity index (χ1n) is 8.47. The van der Waals surface area contributed by atoms with Gasteiger partial charge in [-0.05, 0) is 28.8 Å². The molecule has 0 amide bonds. The number of allylic oxidation sites excluding steroid dienone is 1. The van der Waals surface area contributed by atoms with Crippen molar-refractivity contribution < 1.29 is 30.6 Å². The number of hydrogen-bond donors (Lipinski definition) is 6. The Kier molecular flexibility index (Phi) is 5.86. The van der Waals surface area contributed by atoms with Crippen molar-refractivity contribution in [2.45, 2.75) is 30.3 Å². The molecule has 1 unspecified atom stereocenters. The Morgan fingerprint density at radius 1 is 0.963 bits per heavy atom. The van der Waals surface area contributed by atoms with E-state index in [1.165, 1.54) is 0 Å². The van der Waals surface area contributed by atoms with E-state index in [0.717, 1.165) is 11.1 Å². The summed E-state index contributed by atoms with van der Waals surface area (Å²) >= 11 is 6.08. The van der Waals surface area contributed by atoms with E-state index >= 15 is 0 Å². The summed E-state index contributed by atoms with van der Waals surface area (Å²) in [6, 6.07) is 14.4. The first-order valence-corrected chi connectivity index (χ1v) is 8.85. The summed E-state index contributed by atoms with van der Waals surface area (Å²) in [7, 11) is 0. The summed E-state index contributed by atoms with van der Waals surface area (Å²) in [5.74, 6) is -0.864. The SMILES string of the molecule is OC[C@@H](O)[C@@H](O)[C@H](O)[C@@H](O)C(O)=C1c2ccc(Cl)cc2C1c1ccccc1. The predicted molar refractivity (Wildman–Crippen MR) is 100 cm³/mol. The van der Waals surface area contributed by atoms with Crippen molar-refractivity contribution in [3.63, 3.8) is 0 Å². The van der Waals surface area contributed by atoms with Crippen LogP contribution in [0, 0.1) is 0 Å². The fourth-order valence-corrected chi connectivity index (χ4v) is 3.55. The Labute approximate surface area is 161 Å². The summed E-state index contributed by atoms with van der Waals surface area (Å²) in [5, 5.41) is 59.8. The first kappa shape index (κ1) is 19.8. The van der Waals surface area contributed by atoms with Crippen LogP contribution in [-0.4, -0.2) is 61.7 Å². The van der Waals surface area contributed by atoms with E-state index in [9.17, 15) is 25.5 Å². The Balaban J connectivity index is 2.02. The highest BCUT2D eigenvalue weighted by Crippen LogP contribution is 2.52. The molecule has 3 rings (SSSR count). The van der Waals surface area contributed by atoms with Crippen molar-refractivity contribution in [3.8, 4) is 0 Å². The molecule has 0 saturated heterocycles. The number of rotatable bonds is 6. The monoisotopic (exact) mass is 392 g/mol. The summed E-state index contributed by atoms with van der Waals surface area (Å²) < 4.78 is 0. The van der Waals surface area contributed by atoms with Crippen LogP contribution in [0.5, 0.6) is 0 Å². The molecule has 0 spiro atoms. The lowest BCUT2D eigenvalue weighted by atomic mass is 9.68. The molecule has 0 radical (unpaired) electrons. The van der Waals surface area contributed by atoms with Gasteiger partial charge in [0.05, 0.1) is 6.61 Å². The Morgan fingerprint density at radius 2 is 1.63 bits per heavy atom. The Hall–Kier alpha value is -1.93. The van der Waals surface area contributed by atoms with Gasteiger partial charge in [0.2, 0.25) is 0 Å². The van der Waals surface area contributed by atoms with Gasteiger partial charge >= 0.3 is 0 Å². The van der Waals surface area contributed by atoms with Crippen LogP contribution in [0.1, 0.15) is 22.6 Å². The third kappa shape index (κ3) is 3.60. The molecule has 0 bridgehead atoms. The van der Waals surface area contributed by atoms with Crippen molar-refractivity contribution in [3.05, 3.63) is 76.0 Å². The van der Waals surface area contributed by atoms with E-state index in [2.05, 4.69) is 0 Å². The van der Waals surface area contributed by atoms with Gasteiger partial charge in [0.15, 0.2) is 0 Å². The second-order valence-electron chi connectivity index (χ2n) is 6.55. The molecule has 7 heteroatoms. The molecular formula is C20H21ClO6. The lowest BCUT2D eigenvalue weighted by Crippen LogP contribution is -2.47. The van der Waals surface area contributed by atoms with Crippen molar-refractivity contribution in [1.82, 2.24) is 0 Å². The minimum Gasteiger partial charge on any atom is -0.509 e. The largest absolute Gasteiger partial charge is 0.509 e. The normalized spacial score (nSPS) is 22.2. The van der Waals surface area contributed by atoms with Crippen LogP contribution in [0.15, 0.2) is 54.3 Å². The van der Waals surface area contributed by atoms with Crippen molar-refractivity contribution >= 4 is 17.2 Å². The number of hydrogen-bond acceptors (Lipinski definition) is 6. The van der Waals surface area contributed by atoms with Gasteiger partial charge in [-0.15, -0.1) is 0 Å². The summed E-state index contributed by atoms with van der Waals surface area (Å²) in [5.41, 5.74) is 2.82. The van der Waals surface area contributed by atoms with Crippen LogP contribution in [0.3, 0.4) is 0 Å². The third-order valence-electron chi connectivity index (χ3n) is 4.85. The van der Waals surface area contributed by atoms with Crippen LogP contribution >= 0.6 is 11.6 Å². The van der Waals surface area contributed by atoms with E-state index < -0.39 is 36.8 Å². The molecule has 2 aromatic carbocycles. The maximum absolute atomic E-state index is 10.6. The third-order valence-corrected chi connectivity index (χ3v) is 5.08. The van der Waals surface area contributed by atoms with Crippen LogP contribution in [0.25, 0.3) is 5.57 Å². The molecule has 6 nitrogen and oxygen atoms in total. The van der Waals surface area contributed by atoms with E-state index in [0.29, 0.717) is 16.2 Å². The summed E-state index contributed by atoms with van der Waals surface area (Å²) in [6.07, 6.45) is -7.20. The van der Waals surface area contributed by atoms with Crippen molar-refractivity contribution in [2.24, 2.45) is 0 Å². The minimum absolute atomic E-state index is 0.360. The lowest BCUT2D eigenvalue weighted by molar-refractivity contribution is -0.112. The van der Waals surface area contributed by atoms with E-state index in [-0.39, 0.29) is 5.92 Å². The summed E-state index contributed by atoms with van der Waals surface area (Å²) in [4.78, 5) is 0. The standard InChI is InChI=1S/C20H21ClO6/c21-11-6-7-12-13(8-11)15(10-4-2-1-3-5-10)16(12)18(25)20(27)19(26)17(24)14(23)9-22/h1-8,14-15,17,19-20,22-27H,9H2/t14-,15?,17-,19+,20+/m1/s1.